The van der Waals surface area contributed by atoms with Gasteiger partial charge in [0.25, 0.3) is 0 Å². The van der Waals surface area contributed by atoms with Crippen LogP contribution >= 0.6 is 0 Å². The third-order valence-corrected chi connectivity index (χ3v) is 10.7. The molecule has 2 aliphatic heterocycles. The van der Waals surface area contributed by atoms with Gasteiger partial charge < -0.3 is 14.5 Å². The molecule has 0 unspecified atom stereocenters. The number of nitrogens with zero attached hydrogens (tertiary/aromatic N) is 3. The smallest absolute Gasteiger partial charge is 0.244 e. The minimum atomic E-state index is -3.84. The van der Waals surface area contributed by atoms with Crippen molar-refractivity contribution in [3.05, 3.63) is 23.3 Å². The topological polar surface area (TPSA) is 70.2 Å². The molecule has 3 atom stereocenters. The third kappa shape index (κ3) is 4.61. The van der Waals surface area contributed by atoms with E-state index in [1.165, 1.54) is 0 Å². The van der Waals surface area contributed by atoms with Gasteiger partial charge in [0.1, 0.15) is 11.8 Å². The number of methoxy groups -OCH3 is 1. The van der Waals surface area contributed by atoms with Gasteiger partial charge in [-0.2, -0.15) is 4.31 Å². The molecule has 1 amide bonds. The van der Waals surface area contributed by atoms with Gasteiger partial charge in [0.05, 0.1) is 12.0 Å². The molecule has 0 spiro atoms. The Balaban J connectivity index is 1.67. The second kappa shape index (κ2) is 10.2. The highest BCUT2D eigenvalue weighted by Gasteiger charge is 2.52. The van der Waals surface area contributed by atoms with Crippen molar-refractivity contribution < 1.29 is 17.9 Å². The Hall–Kier alpha value is -1.64. The molecule has 0 radical (unpaired) electrons. The summed E-state index contributed by atoms with van der Waals surface area (Å²) in [5.41, 5.74) is 1.34. The van der Waals surface area contributed by atoms with Crippen LogP contribution in [0.3, 0.4) is 0 Å². The van der Waals surface area contributed by atoms with E-state index in [1.807, 2.05) is 25.8 Å². The van der Waals surface area contributed by atoms with E-state index in [4.69, 9.17) is 4.74 Å². The van der Waals surface area contributed by atoms with Crippen LogP contribution < -0.4 is 4.74 Å². The predicted octanol–water partition coefficient (Wildman–Crippen LogP) is 3.58. The number of aryl methyl sites for hydroxylation is 2. The summed E-state index contributed by atoms with van der Waals surface area (Å²) in [6.45, 7) is 8.81. The first-order valence-corrected chi connectivity index (χ1v) is 14.3. The van der Waals surface area contributed by atoms with Crippen molar-refractivity contribution in [1.82, 2.24) is 14.1 Å². The summed E-state index contributed by atoms with van der Waals surface area (Å²) in [6.07, 6.45) is 6.48. The number of fused-ring (bicyclic) bond motifs is 1. The average molecular weight is 492 g/mol. The predicted molar refractivity (Wildman–Crippen MR) is 134 cm³/mol. The van der Waals surface area contributed by atoms with E-state index >= 15 is 0 Å². The molecule has 4 rings (SSSR count). The molecule has 8 heteroatoms. The van der Waals surface area contributed by atoms with E-state index in [0.29, 0.717) is 28.2 Å². The lowest BCUT2D eigenvalue weighted by molar-refractivity contribution is -0.136. The third-order valence-electron chi connectivity index (χ3n) is 8.42. The van der Waals surface area contributed by atoms with E-state index in [2.05, 4.69) is 11.8 Å². The maximum Gasteiger partial charge on any atom is 0.244 e. The van der Waals surface area contributed by atoms with Gasteiger partial charge in [-0.05, 0) is 81.7 Å². The van der Waals surface area contributed by atoms with Crippen molar-refractivity contribution in [2.24, 2.45) is 5.92 Å². The van der Waals surface area contributed by atoms with E-state index in [9.17, 15) is 13.2 Å². The van der Waals surface area contributed by atoms with E-state index in [0.717, 1.165) is 58.2 Å². The second-order valence-electron chi connectivity index (χ2n) is 10.4. The number of rotatable bonds is 6. The van der Waals surface area contributed by atoms with Gasteiger partial charge in [-0.25, -0.2) is 8.42 Å². The lowest BCUT2D eigenvalue weighted by Gasteiger charge is -2.39. The first kappa shape index (κ1) is 25.5. The molecule has 3 fully saturated rings. The monoisotopic (exact) mass is 491 g/mol. The Morgan fingerprint density at radius 2 is 1.71 bits per heavy atom. The van der Waals surface area contributed by atoms with Crippen molar-refractivity contribution in [2.45, 2.75) is 88.7 Å². The molecular formula is C26H41N3O4S. The number of amides is 1. The first-order chi connectivity index (χ1) is 16.2. The number of carbonyl (C=O) groups is 1. The van der Waals surface area contributed by atoms with Crippen molar-refractivity contribution in [3.8, 4) is 5.75 Å². The van der Waals surface area contributed by atoms with Crippen LogP contribution in [-0.4, -0.2) is 80.3 Å². The highest BCUT2D eigenvalue weighted by atomic mass is 32.2. The van der Waals surface area contributed by atoms with Crippen LogP contribution in [0.4, 0.5) is 0 Å². The number of hydrogen-bond donors (Lipinski definition) is 0. The molecule has 2 heterocycles. The molecule has 0 bridgehead atoms. The Morgan fingerprint density at radius 3 is 2.29 bits per heavy atom. The Kier molecular flexibility index (Phi) is 7.60. The van der Waals surface area contributed by atoms with Crippen molar-refractivity contribution in [1.29, 1.82) is 0 Å². The number of hydrogen-bond acceptors (Lipinski definition) is 5. The number of likely N-dealkylation sites (N-methyl/N-ethyl adjacent to an activating group) is 1. The zero-order valence-corrected chi connectivity index (χ0v) is 22.2. The lowest BCUT2D eigenvalue weighted by Crippen LogP contribution is -2.53. The van der Waals surface area contributed by atoms with Crippen molar-refractivity contribution in [2.75, 3.05) is 33.8 Å². The second-order valence-corrected chi connectivity index (χ2v) is 12.2. The van der Waals surface area contributed by atoms with Gasteiger partial charge in [-0.15, -0.1) is 0 Å². The van der Waals surface area contributed by atoms with Crippen LogP contribution in [0, 0.1) is 19.8 Å². The summed E-state index contributed by atoms with van der Waals surface area (Å²) in [5, 5.41) is 0. The minimum absolute atomic E-state index is 0.0308. The van der Waals surface area contributed by atoms with Crippen molar-refractivity contribution >= 4 is 15.9 Å². The summed E-state index contributed by atoms with van der Waals surface area (Å²) in [4.78, 5) is 18.5. The van der Waals surface area contributed by atoms with Crippen LogP contribution in [0.1, 0.15) is 63.0 Å². The van der Waals surface area contributed by atoms with Crippen LogP contribution in [-0.2, 0) is 14.8 Å². The number of ether oxygens (including phenoxy) is 1. The summed E-state index contributed by atoms with van der Waals surface area (Å²) in [6, 6.07) is 3.02. The Morgan fingerprint density at radius 1 is 1.09 bits per heavy atom. The molecule has 1 aliphatic carbocycles. The van der Waals surface area contributed by atoms with Gasteiger partial charge >= 0.3 is 0 Å². The highest BCUT2D eigenvalue weighted by Crippen LogP contribution is 2.44. The van der Waals surface area contributed by atoms with Crippen LogP contribution in [0.15, 0.2) is 17.0 Å². The maximum atomic E-state index is 14.2. The number of sulfonamides is 1. The average Bonchev–Trinajstić information content (AvgIpc) is 3.23. The van der Waals surface area contributed by atoms with E-state index in [-0.39, 0.29) is 23.9 Å². The highest BCUT2D eigenvalue weighted by molar-refractivity contribution is 7.89. The number of likely N-dealkylation sites (tertiary alicyclic amines) is 1. The van der Waals surface area contributed by atoms with Crippen LogP contribution in [0.25, 0.3) is 0 Å². The first-order valence-electron chi connectivity index (χ1n) is 12.9. The Bertz CT molecular complexity index is 980. The fraction of sp³-hybridized carbons (Fsp3) is 0.731. The molecule has 0 aromatic heterocycles. The number of benzene rings is 1. The van der Waals surface area contributed by atoms with Crippen LogP contribution in [0.5, 0.6) is 5.75 Å². The standard InChI is InChI=1S/C26H41N3O4S/c1-6-28-13-11-21(12-14-28)27(4)26(30)24-17-20-9-7-8-10-23(20)29(24)34(31,32)25-18(2)15-22(33-5)16-19(25)3/h15-16,20-21,23-24H,6-14,17H2,1-5H3/t20-,23-,24-/m0/s1. The zero-order chi connectivity index (χ0) is 24.6. The lowest BCUT2D eigenvalue weighted by atomic mass is 9.85. The summed E-state index contributed by atoms with van der Waals surface area (Å²) in [5.74, 6) is 0.875. The zero-order valence-electron chi connectivity index (χ0n) is 21.4. The van der Waals surface area contributed by atoms with Gasteiger partial charge in [-0.3, -0.25) is 4.79 Å². The number of carbonyl (C=O) groups excluding carboxylic acids is 1. The van der Waals surface area contributed by atoms with Gasteiger partial charge in [-0.1, -0.05) is 19.8 Å². The normalized spacial score (nSPS) is 26.9. The molecule has 2 saturated heterocycles. The molecular weight excluding hydrogens is 450 g/mol. The molecule has 1 aromatic carbocycles. The summed E-state index contributed by atoms with van der Waals surface area (Å²) in [7, 11) is -0.376. The fourth-order valence-electron chi connectivity index (χ4n) is 6.55. The summed E-state index contributed by atoms with van der Waals surface area (Å²) >= 11 is 0. The maximum absolute atomic E-state index is 14.2. The Labute approximate surface area is 205 Å². The molecule has 0 N–H and O–H groups in total. The van der Waals surface area contributed by atoms with E-state index < -0.39 is 16.1 Å². The SMILES string of the molecule is CCN1CCC(N(C)C(=O)[C@@H]2C[C@@H]3CCCC[C@@H]3N2S(=O)(=O)c2c(C)cc(OC)cc2C)CC1. The fourth-order valence-corrected chi connectivity index (χ4v) is 8.84. The molecule has 7 nitrogen and oxygen atoms in total. The summed E-state index contributed by atoms with van der Waals surface area (Å²) < 4.78 is 35.4. The quantitative estimate of drug-likeness (QED) is 0.608. The largest absolute Gasteiger partial charge is 0.497 e. The van der Waals surface area contributed by atoms with Crippen LogP contribution in [0.2, 0.25) is 0 Å². The molecule has 3 aliphatic rings. The molecule has 1 saturated carbocycles. The van der Waals surface area contributed by atoms with Gasteiger partial charge in [0, 0.05) is 32.2 Å². The van der Waals surface area contributed by atoms with E-state index in [1.54, 1.807) is 23.5 Å². The molecule has 190 valence electrons. The van der Waals surface area contributed by atoms with Gasteiger partial charge in [0.2, 0.25) is 15.9 Å². The minimum Gasteiger partial charge on any atom is -0.497 e. The number of piperidine rings is 1. The van der Waals surface area contributed by atoms with Crippen molar-refractivity contribution in [3.63, 3.8) is 0 Å². The molecule has 34 heavy (non-hydrogen) atoms. The van der Waals surface area contributed by atoms with Gasteiger partial charge in [0.15, 0.2) is 0 Å². The molecule has 1 aromatic rings.